The average Bonchev–Trinajstić information content (AvgIpc) is 3.08. The first-order chi connectivity index (χ1) is 9.54. The number of halogens is 1. The molecule has 0 atom stereocenters. The summed E-state index contributed by atoms with van der Waals surface area (Å²) in [4.78, 5) is 8.57. The van der Waals surface area contributed by atoms with Crippen LogP contribution in [0.25, 0.3) is 0 Å². The van der Waals surface area contributed by atoms with Crippen LogP contribution in [-0.4, -0.2) is 15.7 Å². The molecular weight excluding hydrogens is 320 g/mol. The quantitative estimate of drug-likeness (QED) is 0.273. The smallest absolute Gasteiger partial charge is 0.208 e. The van der Waals surface area contributed by atoms with E-state index in [1.54, 1.807) is 3.81 Å². The maximum atomic E-state index is 8.57. The molecule has 0 saturated carbocycles. The van der Waals surface area contributed by atoms with Crippen LogP contribution < -0.4 is 0 Å². The Hall–Kier alpha value is -0.279. The van der Waals surface area contributed by atoms with Crippen LogP contribution in [0.1, 0.15) is 26.7 Å². The first-order valence-electron chi connectivity index (χ1n) is 6.39. The van der Waals surface area contributed by atoms with Crippen molar-refractivity contribution in [1.29, 1.82) is 0 Å². The van der Waals surface area contributed by atoms with Gasteiger partial charge in [0, 0.05) is 0 Å². The van der Waals surface area contributed by atoms with E-state index in [4.69, 9.17) is 4.79 Å². The second-order valence-corrected chi connectivity index (χ2v) is 14.1. The summed E-state index contributed by atoms with van der Waals surface area (Å²) in [6, 6.07) is 0. The summed E-state index contributed by atoms with van der Waals surface area (Å²) in [5.74, 6) is 0.222. The normalized spacial score (nSPS) is 12.1. The van der Waals surface area contributed by atoms with Crippen molar-refractivity contribution in [3.05, 3.63) is 48.6 Å². The molecule has 0 amide bonds. The van der Waals surface area contributed by atoms with Crippen LogP contribution in [0.3, 0.4) is 0 Å². The molecule has 0 unspecified atom stereocenters. The van der Waals surface area contributed by atoms with E-state index >= 15 is 0 Å². The van der Waals surface area contributed by atoms with Gasteiger partial charge in [-0.05, 0) is 11.6 Å². The van der Waals surface area contributed by atoms with E-state index in [2.05, 4.69) is 62.8 Å². The molecule has 0 aromatic rings. The molecule has 0 aromatic heterocycles. The van der Waals surface area contributed by atoms with E-state index in [1.807, 2.05) is 24.3 Å². The van der Waals surface area contributed by atoms with Gasteiger partial charge in [0.25, 0.3) is 0 Å². The van der Waals surface area contributed by atoms with Gasteiger partial charge in [-0.3, -0.25) is 16.9 Å². The van der Waals surface area contributed by atoms with Gasteiger partial charge < -0.3 is 0 Å². The molecule has 0 aliphatic heterocycles. The molecule has 4 heteroatoms. The van der Waals surface area contributed by atoms with Gasteiger partial charge >= 0.3 is 54.4 Å². The van der Waals surface area contributed by atoms with Crippen molar-refractivity contribution in [3.8, 4) is 0 Å². The predicted octanol–water partition coefficient (Wildman–Crippen LogP) is 4.56. The number of hydrogen-bond acceptors (Lipinski definition) is 1. The van der Waals surface area contributed by atoms with Crippen LogP contribution in [0.15, 0.2) is 36.5 Å². The zero-order valence-electron chi connectivity index (χ0n) is 12.7. The van der Waals surface area contributed by atoms with Gasteiger partial charge in [0.2, 0.25) is 5.75 Å². The van der Waals surface area contributed by atoms with Gasteiger partial charge in [0.05, 0.1) is 0 Å². The summed E-state index contributed by atoms with van der Waals surface area (Å²) >= 11 is 4.73. The zero-order chi connectivity index (χ0) is 15.6. The Kier molecular flexibility index (Phi) is 20.6. The maximum absolute atomic E-state index is 8.57. The summed E-state index contributed by atoms with van der Waals surface area (Å²) in [6.45, 7) is 9.32. The van der Waals surface area contributed by atoms with E-state index in [9.17, 15) is 0 Å². The van der Waals surface area contributed by atoms with E-state index in [0.29, 0.717) is 17.4 Å². The Labute approximate surface area is 137 Å². The summed E-state index contributed by atoms with van der Waals surface area (Å²) < 4.78 is 1.71. The maximum Gasteiger partial charge on any atom is 0.208 e. The Balaban J connectivity index is 0. The Morgan fingerprint density at radius 1 is 1.15 bits per heavy atom. The molecular formula is C16H23ClOSiTi-2. The Morgan fingerprint density at radius 3 is 1.60 bits per heavy atom. The number of carbonyl (C=O) groups excluding carboxylic acids is 1. The van der Waals surface area contributed by atoms with Crippen molar-refractivity contribution in [3.63, 3.8) is 0 Å². The summed E-state index contributed by atoms with van der Waals surface area (Å²) in [5.41, 5.74) is 0. The van der Waals surface area contributed by atoms with Crippen LogP contribution >= 0.6 is 11.6 Å². The largest absolute Gasteiger partial charge is 0.285 e. The third kappa shape index (κ3) is 26.3. The monoisotopic (exact) mass is 342 g/mol. The minimum Gasteiger partial charge on any atom is -0.285 e. The summed E-state index contributed by atoms with van der Waals surface area (Å²) in [5, 5.41) is 0. The van der Waals surface area contributed by atoms with Crippen molar-refractivity contribution >= 4 is 27.3 Å². The van der Waals surface area contributed by atoms with Gasteiger partial charge in [-0.2, -0.15) is 12.2 Å². The van der Waals surface area contributed by atoms with Crippen LogP contribution in [0.4, 0.5) is 0 Å². The standard InChI is InChI=1S/2C5H5.C3H6.C2H6Si.CHClO.Ti/c2*1-2-4-5-3-1;2*1-3-2;2-1-3;/h2*1-3H,4H2;2*1-2H3;1H;/q2*-1;;;;. The first kappa shape index (κ1) is 22.0. The summed E-state index contributed by atoms with van der Waals surface area (Å²) in [7, 11) is 0. The zero-order valence-corrected chi connectivity index (χ0v) is 16.1. The minimum atomic E-state index is 0.154. The van der Waals surface area contributed by atoms with E-state index in [-0.39, 0.29) is 11.9 Å². The summed E-state index contributed by atoms with van der Waals surface area (Å²) in [6.07, 6.45) is 20.2. The molecule has 1 nitrogen and oxygen atoms in total. The molecule has 0 fully saturated rings. The molecule has 0 aromatic carbocycles. The second kappa shape index (κ2) is 18.7. The predicted molar refractivity (Wildman–Crippen MR) is 89.6 cm³/mol. The molecule has 20 heavy (non-hydrogen) atoms. The van der Waals surface area contributed by atoms with Crippen molar-refractivity contribution in [2.24, 2.45) is 0 Å². The topological polar surface area (TPSA) is 17.1 Å². The van der Waals surface area contributed by atoms with Crippen LogP contribution in [-0.2, 0) is 22.2 Å². The Bertz CT molecular complexity index is 366. The number of rotatable bonds is 0. The molecule has 0 bridgehead atoms. The van der Waals surface area contributed by atoms with Gasteiger partial charge in [0.15, 0.2) is 0 Å². The fourth-order valence-electron chi connectivity index (χ4n) is 1.18. The van der Waals surface area contributed by atoms with Crippen LogP contribution in [0.2, 0.25) is 13.1 Å². The number of hydrogen-bond donors (Lipinski definition) is 0. The third-order valence-corrected chi connectivity index (χ3v) is 7.36. The molecule has 0 saturated heterocycles. The minimum absolute atomic E-state index is 0.154. The van der Waals surface area contributed by atoms with Gasteiger partial charge in [-0.25, -0.2) is 24.3 Å². The first-order valence-corrected chi connectivity index (χ1v) is 12.4. The molecule has 0 heterocycles. The van der Waals surface area contributed by atoms with E-state index < -0.39 is 0 Å². The average molecular weight is 343 g/mol. The molecule has 2 rings (SSSR count). The molecule has 2 aliphatic carbocycles. The van der Waals surface area contributed by atoms with Crippen LogP contribution in [0, 0.1) is 12.2 Å². The molecule has 0 radical (unpaired) electrons. The van der Waals surface area contributed by atoms with Gasteiger partial charge in [0.1, 0.15) is 0 Å². The van der Waals surface area contributed by atoms with E-state index in [0.717, 1.165) is 12.8 Å². The van der Waals surface area contributed by atoms with Gasteiger partial charge in [-0.1, -0.05) is 0 Å². The SMILES string of the molecule is C[C](C)=[Ti]=[Si](C)C.O=CCl.[C-]1=CC=CC1.[C-]1=CC=CC1. The molecule has 110 valence electrons. The molecule has 0 N–H and O–H groups in total. The van der Waals surface area contributed by atoms with Crippen molar-refractivity contribution in [2.45, 2.75) is 39.8 Å². The van der Waals surface area contributed by atoms with Crippen molar-refractivity contribution in [2.75, 3.05) is 0 Å². The molecule has 0 spiro atoms. The fraction of sp³-hybridized carbons (Fsp3) is 0.375. The fourth-order valence-corrected chi connectivity index (χ4v) is 6.87. The number of carbonyl (C=O) groups is 1. The van der Waals surface area contributed by atoms with Gasteiger partial charge in [-0.15, -0.1) is 12.8 Å². The third-order valence-electron chi connectivity index (χ3n) is 1.67. The second-order valence-electron chi connectivity index (χ2n) is 4.22. The van der Waals surface area contributed by atoms with E-state index in [1.165, 1.54) is 0 Å². The molecule has 2 aliphatic rings. The van der Waals surface area contributed by atoms with Crippen molar-refractivity contribution in [1.82, 2.24) is 0 Å². The van der Waals surface area contributed by atoms with Crippen LogP contribution in [0.5, 0.6) is 0 Å². The Morgan fingerprint density at radius 2 is 1.55 bits per heavy atom. The van der Waals surface area contributed by atoms with Crippen molar-refractivity contribution < 1.29 is 22.2 Å². The number of allylic oxidation sites excluding steroid dienone is 8.